The molecule has 8 nitrogen and oxygen atoms in total. The summed E-state index contributed by atoms with van der Waals surface area (Å²) in [5, 5.41) is 9.65. The van der Waals surface area contributed by atoms with Crippen molar-refractivity contribution in [2.75, 3.05) is 25.0 Å². The first-order valence-electron chi connectivity index (χ1n) is 9.34. The van der Waals surface area contributed by atoms with Crippen LogP contribution in [0.5, 0.6) is 0 Å². The van der Waals surface area contributed by atoms with Crippen LogP contribution in [0, 0.1) is 5.92 Å². The molecule has 0 saturated carbocycles. The zero-order valence-electron chi connectivity index (χ0n) is 15.9. The van der Waals surface area contributed by atoms with Gasteiger partial charge in [-0.1, -0.05) is 30.4 Å². The molecule has 0 spiro atoms. The fourth-order valence-corrected chi connectivity index (χ4v) is 4.23. The molecule has 0 radical (unpaired) electrons. The molecule has 146 valence electrons. The normalized spacial score (nSPS) is 16.9. The van der Waals surface area contributed by atoms with E-state index in [1.54, 1.807) is 23.2 Å². The van der Waals surface area contributed by atoms with Gasteiger partial charge < -0.3 is 9.47 Å². The van der Waals surface area contributed by atoms with E-state index < -0.39 is 0 Å². The van der Waals surface area contributed by atoms with Gasteiger partial charge in [-0.15, -0.1) is 10.2 Å². The van der Waals surface area contributed by atoms with Gasteiger partial charge in [0.05, 0.1) is 23.3 Å². The summed E-state index contributed by atoms with van der Waals surface area (Å²) in [6.45, 7) is 3.58. The van der Waals surface area contributed by atoms with Crippen LogP contribution >= 0.6 is 11.3 Å². The van der Waals surface area contributed by atoms with E-state index in [0.717, 1.165) is 22.5 Å². The van der Waals surface area contributed by atoms with Crippen molar-refractivity contribution in [3.05, 3.63) is 35.6 Å². The molecule has 1 saturated heterocycles. The van der Waals surface area contributed by atoms with Gasteiger partial charge in [0.2, 0.25) is 16.9 Å². The maximum Gasteiger partial charge on any atom is 0.229 e. The minimum Gasteiger partial charge on any atom is -0.344 e. The summed E-state index contributed by atoms with van der Waals surface area (Å²) in [6.07, 6.45) is 2.80. The highest BCUT2D eigenvalue weighted by atomic mass is 32.1. The largest absolute Gasteiger partial charge is 0.344 e. The van der Waals surface area contributed by atoms with Gasteiger partial charge in [0.25, 0.3) is 0 Å². The molecule has 1 aliphatic rings. The number of likely N-dealkylation sites (N-methyl/N-ethyl adjacent to an activating group) is 1. The average molecular weight is 398 g/mol. The second kappa shape index (κ2) is 7.67. The second-order valence-corrected chi connectivity index (χ2v) is 7.96. The van der Waals surface area contributed by atoms with E-state index in [2.05, 4.69) is 15.2 Å². The first kappa shape index (κ1) is 18.5. The van der Waals surface area contributed by atoms with Gasteiger partial charge in [-0.2, -0.15) is 0 Å². The van der Waals surface area contributed by atoms with E-state index in [4.69, 9.17) is 0 Å². The number of anilines is 1. The molecule has 1 aromatic carbocycles. The molecule has 28 heavy (non-hydrogen) atoms. The van der Waals surface area contributed by atoms with Gasteiger partial charge in [-0.25, -0.2) is 4.98 Å². The number of hydrogen-bond acceptors (Lipinski definition) is 6. The first-order chi connectivity index (χ1) is 13.6. The SMILES string of the molecule is CCc1nnc(N2CC(C(=O)N(C)CCn3cnc4ccccc43)CC2=O)s1. The average Bonchev–Trinajstić information content (AvgIpc) is 3.43. The summed E-state index contributed by atoms with van der Waals surface area (Å²) >= 11 is 1.41. The molecule has 2 amide bonds. The number of para-hydroxylation sites is 2. The Morgan fingerprint density at radius 3 is 2.93 bits per heavy atom. The van der Waals surface area contributed by atoms with Crippen LogP contribution in [-0.2, 0) is 22.6 Å². The number of amides is 2. The first-order valence-corrected chi connectivity index (χ1v) is 10.2. The van der Waals surface area contributed by atoms with Crippen LogP contribution < -0.4 is 4.90 Å². The molecule has 1 fully saturated rings. The van der Waals surface area contributed by atoms with Gasteiger partial charge in [0.1, 0.15) is 5.01 Å². The molecule has 4 rings (SSSR count). The Morgan fingerprint density at radius 1 is 1.32 bits per heavy atom. The van der Waals surface area contributed by atoms with Crippen LogP contribution in [0.3, 0.4) is 0 Å². The summed E-state index contributed by atoms with van der Waals surface area (Å²) < 4.78 is 2.04. The molecule has 9 heteroatoms. The predicted molar refractivity (Wildman–Crippen MR) is 107 cm³/mol. The smallest absolute Gasteiger partial charge is 0.229 e. The molecule has 1 aliphatic heterocycles. The van der Waals surface area contributed by atoms with E-state index in [0.29, 0.717) is 24.8 Å². The number of benzene rings is 1. The number of imidazole rings is 1. The lowest BCUT2D eigenvalue weighted by atomic mass is 10.1. The standard InChI is InChI=1S/C19H22N6O2S/c1-3-16-21-22-19(28-16)25-11-13(10-17(25)26)18(27)23(2)8-9-24-12-20-14-6-4-5-7-15(14)24/h4-7,12-13H,3,8-11H2,1-2H3. The number of aryl methyl sites for hydroxylation is 1. The highest BCUT2D eigenvalue weighted by Gasteiger charge is 2.37. The predicted octanol–water partition coefficient (Wildman–Crippen LogP) is 1.96. The van der Waals surface area contributed by atoms with Crippen LogP contribution in [0.2, 0.25) is 0 Å². The summed E-state index contributed by atoms with van der Waals surface area (Å²) in [4.78, 5) is 32.9. The minimum absolute atomic E-state index is 0.0134. The van der Waals surface area contributed by atoms with E-state index in [1.165, 1.54) is 11.3 Å². The zero-order valence-corrected chi connectivity index (χ0v) is 16.7. The van der Waals surface area contributed by atoms with Crippen LogP contribution in [0.25, 0.3) is 11.0 Å². The lowest BCUT2D eigenvalue weighted by Crippen LogP contribution is -2.36. The van der Waals surface area contributed by atoms with Crippen molar-refractivity contribution in [1.29, 1.82) is 0 Å². The Hall–Kier alpha value is -2.81. The third kappa shape index (κ3) is 3.49. The van der Waals surface area contributed by atoms with E-state index in [1.807, 2.05) is 35.8 Å². The number of fused-ring (bicyclic) bond motifs is 1. The second-order valence-electron chi connectivity index (χ2n) is 6.92. The quantitative estimate of drug-likeness (QED) is 0.634. The molecule has 3 heterocycles. The van der Waals surface area contributed by atoms with Crippen LogP contribution in [0.4, 0.5) is 5.13 Å². The molecular weight excluding hydrogens is 376 g/mol. The van der Waals surface area contributed by atoms with Crippen LogP contribution in [-0.4, -0.2) is 56.6 Å². The number of nitrogens with zero attached hydrogens (tertiary/aromatic N) is 6. The zero-order chi connectivity index (χ0) is 19.7. The third-order valence-electron chi connectivity index (χ3n) is 5.04. The molecule has 0 aliphatic carbocycles. The molecule has 3 aromatic rings. The van der Waals surface area contributed by atoms with Gasteiger partial charge in [0.15, 0.2) is 0 Å². The molecular formula is C19H22N6O2S. The van der Waals surface area contributed by atoms with Gasteiger partial charge >= 0.3 is 0 Å². The fraction of sp³-hybridized carbons (Fsp3) is 0.421. The Labute approximate surface area is 166 Å². The van der Waals surface area contributed by atoms with Crippen molar-refractivity contribution in [2.45, 2.75) is 26.3 Å². The highest BCUT2D eigenvalue weighted by Crippen LogP contribution is 2.28. The maximum atomic E-state index is 12.8. The summed E-state index contributed by atoms with van der Waals surface area (Å²) in [5.74, 6) is -0.419. The molecule has 0 N–H and O–H groups in total. The molecule has 2 aromatic heterocycles. The van der Waals surface area contributed by atoms with Crippen molar-refractivity contribution in [1.82, 2.24) is 24.6 Å². The fourth-order valence-electron chi connectivity index (χ4n) is 3.42. The monoisotopic (exact) mass is 398 g/mol. The third-order valence-corrected chi connectivity index (χ3v) is 6.13. The van der Waals surface area contributed by atoms with E-state index in [-0.39, 0.29) is 24.2 Å². The van der Waals surface area contributed by atoms with E-state index >= 15 is 0 Å². The van der Waals surface area contributed by atoms with Crippen molar-refractivity contribution < 1.29 is 9.59 Å². The Morgan fingerprint density at radius 2 is 2.14 bits per heavy atom. The number of hydrogen-bond donors (Lipinski definition) is 0. The van der Waals surface area contributed by atoms with Crippen LogP contribution in [0.1, 0.15) is 18.4 Å². The topological polar surface area (TPSA) is 84.2 Å². The van der Waals surface area contributed by atoms with Crippen molar-refractivity contribution in [3.63, 3.8) is 0 Å². The maximum absolute atomic E-state index is 12.8. The van der Waals surface area contributed by atoms with Crippen molar-refractivity contribution in [3.8, 4) is 0 Å². The number of carbonyl (C=O) groups is 2. The van der Waals surface area contributed by atoms with Gasteiger partial charge in [-0.3, -0.25) is 14.5 Å². The number of rotatable bonds is 6. The van der Waals surface area contributed by atoms with Gasteiger partial charge in [0, 0.05) is 33.1 Å². The Balaban J connectivity index is 1.38. The van der Waals surface area contributed by atoms with Gasteiger partial charge in [-0.05, 0) is 18.6 Å². The molecule has 1 unspecified atom stereocenters. The minimum atomic E-state index is -0.342. The molecule has 0 bridgehead atoms. The van der Waals surface area contributed by atoms with Crippen LogP contribution in [0.15, 0.2) is 30.6 Å². The summed E-state index contributed by atoms with van der Waals surface area (Å²) in [5.41, 5.74) is 1.99. The van der Waals surface area contributed by atoms with E-state index in [9.17, 15) is 9.59 Å². The lowest BCUT2D eigenvalue weighted by Gasteiger charge is -2.21. The van der Waals surface area contributed by atoms with Crippen molar-refractivity contribution >= 4 is 39.3 Å². The number of aromatic nitrogens is 4. The summed E-state index contributed by atoms with van der Waals surface area (Å²) in [6, 6.07) is 7.92. The number of carbonyl (C=O) groups excluding carboxylic acids is 2. The highest BCUT2D eigenvalue weighted by molar-refractivity contribution is 7.15. The lowest BCUT2D eigenvalue weighted by molar-refractivity contribution is -0.134. The Kier molecular flexibility index (Phi) is 5.08. The molecule has 1 atom stereocenters. The van der Waals surface area contributed by atoms with Crippen molar-refractivity contribution in [2.24, 2.45) is 5.92 Å². The Bertz CT molecular complexity index is 1010. The summed E-state index contributed by atoms with van der Waals surface area (Å²) in [7, 11) is 1.79.